The molecule has 0 saturated carbocycles. The SMILES string of the molecule is CC1=C(CO)OC(C#N)(c2ccc3c(NC(=O)c4ccccc4)ncnn23)[C@H]1OC(=O)c1ccccc1. The molecule has 1 aliphatic rings. The molecule has 10 heteroatoms. The van der Waals surface area contributed by atoms with Crippen molar-refractivity contribution in [3.8, 4) is 6.07 Å². The zero-order valence-corrected chi connectivity index (χ0v) is 19.7. The average molecular weight is 495 g/mol. The minimum atomic E-state index is -1.85. The minimum absolute atomic E-state index is 0.119. The minimum Gasteiger partial charge on any atom is -0.464 e. The van der Waals surface area contributed by atoms with Gasteiger partial charge < -0.3 is 19.9 Å². The number of aliphatic hydroxyl groups excluding tert-OH is 1. The van der Waals surface area contributed by atoms with Crippen LogP contribution in [-0.4, -0.2) is 44.3 Å². The Morgan fingerprint density at radius 1 is 1.11 bits per heavy atom. The van der Waals surface area contributed by atoms with E-state index in [-0.39, 0.29) is 23.2 Å². The van der Waals surface area contributed by atoms with Crippen LogP contribution in [0.3, 0.4) is 0 Å². The normalized spacial score (nSPS) is 18.8. The summed E-state index contributed by atoms with van der Waals surface area (Å²) < 4.78 is 13.2. The van der Waals surface area contributed by atoms with Crippen molar-refractivity contribution in [1.82, 2.24) is 14.6 Å². The van der Waals surface area contributed by atoms with Gasteiger partial charge in [0.2, 0.25) is 0 Å². The third-order valence-electron chi connectivity index (χ3n) is 6.13. The summed E-state index contributed by atoms with van der Waals surface area (Å²) in [5.41, 5.74) is -0.0881. The van der Waals surface area contributed by atoms with Gasteiger partial charge in [-0.05, 0) is 43.3 Å². The fourth-order valence-corrected chi connectivity index (χ4v) is 4.26. The summed E-state index contributed by atoms with van der Waals surface area (Å²) in [6.07, 6.45) is 0.0535. The van der Waals surface area contributed by atoms with Crippen molar-refractivity contribution >= 4 is 23.2 Å². The Hall–Kier alpha value is -5.01. The van der Waals surface area contributed by atoms with Crippen molar-refractivity contribution in [2.45, 2.75) is 18.6 Å². The first-order chi connectivity index (χ1) is 18.0. The number of ether oxygens (including phenoxy) is 2. The summed E-state index contributed by atoms with van der Waals surface area (Å²) in [4.78, 5) is 29.8. The number of hydrogen-bond donors (Lipinski definition) is 2. The Morgan fingerprint density at radius 3 is 2.43 bits per heavy atom. The van der Waals surface area contributed by atoms with Crippen LogP contribution in [-0.2, 0) is 15.1 Å². The van der Waals surface area contributed by atoms with Crippen molar-refractivity contribution in [3.63, 3.8) is 0 Å². The Labute approximate surface area is 211 Å². The van der Waals surface area contributed by atoms with Crippen LogP contribution in [0, 0.1) is 11.3 Å². The molecule has 2 aromatic carbocycles. The third kappa shape index (κ3) is 4.07. The monoisotopic (exact) mass is 495 g/mol. The van der Waals surface area contributed by atoms with Gasteiger partial charge in [-0.3, -0.25) is 4.79 Å². The zero-order valence-electron chi connectivity index (χ0n) is 19.7. The number of benzene rings is 2. The summed E-state index contributed by atoms with van der Waals surface area (Å²) in [5, 5.41) is 27.3. The van der Waals surface area contributed by atoms with Crippen LogP contribution in [0.15, 0.2) is 90.5 Å². The van der Waals surface area contributed by atoms with E-state index in [9.17, 15) is 20.0 Å². The second kappa shape index (κ2) is 9.56. The lowest BCUT2D eigenvalue weighted by Crippen LogP contribution is -2.41. The molecule has 2 aromatic heterocycles. The number of amides is 1. The maximum Gasteiger partial charge on any atom is 0.338 e. The van der Waals surface area contributed by atoms with E-state index in [1.165, 1.54) is 10.8 Å². The zero-order chi connectivity index (χ0) is 26.0. The van der Waals surface area contributed by atoms with Gasteiger partial charge in [-0.2, -0.15) is 10.4 Å². The molecule has 2 atom stereocenters. The third-order valence-corrected chi connectivity index (χ3v) is 6.13. The number of nitriles is 1. The van der Waals surface area contributed by atoms with Crippen molar-refractivity contribution in [2.75, 3.05) is 11.9 Å². The molecule has 5 rings (SSSR count). The second-order valence-corrected chi connectivity index (χ2v) is 8.31. The van der Waals surface area contributed by atoms with E-state index >= 15 is 0 Å². The van der Waals surface area contributed by atoms with Gasteiger partial charge in [0.05, 0.1) is 5.56 Å². The molecule has 0 bridgehead atoms. The lowest BCUT2D eigenvalue weighted by molar-refractivity contribution is -0.0398. The number of esters is 1. The Kier molecular flexibility index (Phi) is 6.13. The van der Waals surface area contributed by atoms with Crippen molar-refractivity contribution in [2.24, 2.45) is 0 Å². The van der Waals surface area contributed by atoms with Crippen LogP contribution < -0.4 is 5.32 Å². The van der Waals surface area contributed by atoms with Gasteiger partial charge in [-0.1, -0.05) is 36.4 Å². The number of fused-ring (bicyclic) bond motifs is 1. The summed E-state index contributed by atoms with van der Waals surface area (Å²) in [7, 11) is 0. The molecule has 1 aliphatic heterocycles. The first-order valence-electron chi connectivity index (χ1n) is 11.3. The number of hydrogen-bond acceptors (Lipinski definition) is 8. The van der Waals surface area contributed by atoms with Crippen LogP contribution in [0.4, 0.5) is 5.82 Å². The predicted molar refractivity (Wildman–Crippen MR) is 131 cm³/mol. The van der Waals surface area contributed by atoms with Crippen LogP contribution in [0.25, 0.3) is 5.52 Å². The van der Waals surface area contributed by atoms with Crippen molar-refractivity contribution in [1.29, 1.82) is 5.26 Å². The number of carbonyl (C=O) groups excluding carboxylic acids is 2. The molecule has 10 nitrogen and oxygen atoms in total. The first-order valence-corrected chi connectivity index (χ1v) is 11.3. The highest BCUT2D eigenvalue weighted by atomic mass is 16.6. The maximum absolute atomic E-state index is 12.9. The maximum atomic E-state index is 12.9. The molecule has 4 aromatic rings. The van der Waals surface area contributed by atoms with Gasteiger partial charge >= 0.3 is 5.97 Å². The molecule has 0 fully saturated rings. The fraction of sp³-hybridized carbons (Fsp3) is 0.148. The molecule has 2 N–H and O–H groups in total. The predicted octanol–water partition coefficient (Wildman–Crippen LogP) is 3.22. The number of nitrogens with one attached hydrogen (secondary N) is 1. The molecule has 1 amide bonds. The van der Waals surface area contributed by atoms with E-state index in [2.05, 4.69) is 21.5 Å². The highest BCUT2D eigenvalue weighted by Crippen LogP contribution is 2.44. The van der Waals surface area contributed by atoms with E-state index < -0.39 is 24.3 Å². The molecule has 184 valence electrons. The van der Waals surface area contributed by atoms with Gasteiger partial charge in [-0.15, -0.1) is 0 Å². The number of anilines is 1. The lowest BCUT2D eigenvalue weighted by atomic mass is 9.91. The molecular formula is C27H21N5O5. The lowest BCUT2D eigenvalue weighted by Gasteiger charge is -2.28. The van der Waals surface area contributed by atoms with E-state index in [0.717, 1.165) is 0 Å². The molecular weight excluding hydrogens is 474 g/mol. The molecule has 0 saturated heterocycles. The summed E-state index contributed by atoms with van der Waals surface area (Å²) in [6.45, 7) is 1.13. The molecule has 0 spiro atoms. The van der Waals surface area contributed by atoms with Crippen LogP contribution >= 0.6 is 0 Å². The molecule has 3 heterocycles. The van der Waals surface area contributed by atoms with Gasteiger partial charge in [0.15, 0.2) is 11.9 Å². The van der Waals surface area contributed by atoms with E-state index in [4.69, 9.17) is 9.47 Å². The summed E-state index contributed by atoms with van der Waals surface area (Å²) in [5.74, 6) is -0.690. The molecule has 0 aliphatic carbocycles. The van der Waals surface area contributed by atoms with Gasteiger partial charge in [-0.25, -0.2) is 14.3 Å². The van der Waals surface area contributed by atoms with Crippen LogP contribution in [0.2, 0.25) is 0 Å². The highest BCUT2D eigenvalue weighted by molar-refractivity contribution is 6.05. The molecule has 37 heavy (non-hydrogen) atoms. The quantitative estimate of drug-likeness (QED) is 0.389. The smallest absolute Gasteiger partial charge is 0.338 e. The Morgan fingerprint density at radius 2 is 1.78 bits per heavy atom. The van der Waals surface area contributed by atoms with Crippen molar-refractivity contribution < 1.29 is 24.2 Å². The van der Waals surface area contributed by atoms with Gasteiger partial charge in [0, 0.05) is 11.1 Å². The fourth-order valence-electron chi connectivity index (χ4n) is 4.26. The summed E-state index contributed by atoms with van der Waals surface area (Å²) in [6, 6.07) is 22.4. The number of carbonyl (C=O) groups is 2. The Balaban J connectivity index is 1.55. The van der Waals surface area contributed by atoms with E-state index in [1.807, 2.05) is 0 Å². The molecule has 0 radical (unpaired) electrons. The topological polar surface area (TPSA) is 139 Å². The highest BCUT2D eigenvalue weighted by Gasteiger charge is 2.55. The largest absolute Gasteiger partial charge is 0.464 e. The number of nitrogens with zero attached hydrogens (tertiary/aromatic N) is 4. The Bertz CT molecular complexity index is 1560. The summed E-state index contributed by atoms with van der Waals surface area (Å²) >= 11 is 0. The van der Waals surface area contributed by atoms with Gasteiger partial charge in [0.25, 0.3) is 11.5 Å². The number of rotatable bonds is 6. The second-order valence-electron chi connectivity index (χ2n) is 8.31. The molecule has 1 unspecified atom stereocenters. The van der Waals surface area contributed by atoms with E-state index in [0.29, 0.717) is 22.2 Å². The van der Waals surface area contributed by atoms with E-state index in [1.54, 1.807) is 79.7 Å². The van der Waals surface area contributed by atoms with Crippen LogP contribution in [0.1, 0.15) is 33.3 Å². The number of aromatic nitrogens is 3. The first kappa shape index (κ1) is 23.7. The standard InChI is InChI=1S/C27H21N5O5/c1-17-21(14-33)37-27(15-28,23(17)36-26(35)19-10-6-3-7-11-19)22-13-12-20-24(29-16-30-32(20)22)31-25(34)18-8-4-2-5-9-18/h2-13,16,23,33H,14H2,1H3,(H,29,30,31,34)/t23-,27?/m0/s1. The average Bonchev–Trinajstić information content (AvgIpc) is 3.50. The number of aliphatic hydroxyl groups is 1. The van der Waals surface area contributed by atoms with Gasteiger partial charge in [0.1, 0.15) is 36.0 Å². The van der Waals surface area contributed by atoms with Crippen molar-refractivity contribution in [3.05, 3.63) is 107 Å². The van der Waals surface area contributed by atoms with Crippen LogP contribution in [0.5, 0.6) is 0 Å².